The molecule has 2 amide bonds. The van der Waals surface area contributed by atoms with E-state index in [1.54, 1.807) is 18.2 Å². The number of benzene rings is 1. The zero-order chi connectivity index (χ0) is 15.6. The first-order valence-electron chi connectivity index (χ1n) is 6.64. The lowest BCUT2D eigenvalue weighted by Gasteiger charge is -2.22. The highest BCUT2D eigenvalue weighted by Crippen LogP contribution is 2.32. The van der Waals surface area contributed by atoms with Gasteiger partial charge in [-0.1, -0.05) is 17.7 Å². The van der Waals surface area contributed by atoms with Crippen molar-refractivity contribution in [3.63, 3.8) is 0 Å². The number of carbonyl (C=O) groups excluding carboxylic acids is 1. The predicted octanol–water partition coefficient (Wildman–Crippen LogP) is 2.34. The van der Waals surface area contributed by atoms with Crippen molar-refractivity contribution in [2.75, 3.05) is 37.4 Å². The molecule has 0 aliphatic carbocycles. The molecular formula is C14H18ClN3O3. The van der Waals surface area contributed by atoms with Crippen LogP contribution in [0.5, 0.6) is 0 Å². The number of aliphatic carboxylic acids is 1. The highest BCUT2D eigenvalue weighted by atomic mass is 35.5. The van der Waals surface area contributed by atoms with Crippen LogP contribution in [0.4, 0.5) is 16.2 Å². The summed E-state index contributed by atoms with van der Waals surface area (Å²) in [6.45, 7) is 0.680. The second kappa shape index (κ2) is 6.22. The summed E-state index contributed by atoms with van der Waals surface area (Å²) >= 11 is 6.15. The number of halogens is 1. The molecule has 1 aliphatic rings. The quantitative estimate of drug-likeness (QED) is 0.898. The number of para-hydroxylation sites is 1. The molecule has 1 heterocycles. The van der Waals surface area contributed by atoms with Gasteiger partial charge in [-0.2, -0.15) is 0 Å². The van der Waals surface area contributed by atoms with Crippen molar-refractivity contribution in [1.82, 2.24) is 4.90 Å². The molecule has 6 nitrogen and oxygen atoms in total. The van der Waals surface area contributed by atoms with Crippen LogP contribution in [0.2, 0.25) is 5.02 Å². The summed E-state index contributed by atoms with van der Waals surface area (Å²) in [5.41, 5.74) is 1.33. The maximum Gasteiger partial charge on any atom is 0.321 e. The van der Waals surface area contributed by atoms with Crippen molar-refractivity contribution in [3.05, 3.63) is 23.2 Å². The van der Waals surface area contributed by atoms with Gasteiger partial charge in [-0.3, -0.25) is 4.79 Å². The lowest BCUT2D eigenvalue weighted by atomic mass is 10.1. The average molecular weight is 312 g/mol. The highest BCUT2D eigenvalue weighted by molar-refractivity contribution is 6.34. The number of urea groups is 1. The van der Waals surface area contributed by atoms with Gasteiger partial charge in [-0.25, -0.2) is 4.79 Å². The monoisotopic (exact) mass is 311 g/mol. The summed E-state index contributed by atoms with van der Waals surface area (Å²) in [6, 6.07) is 4.98. The number of amides is 2. The predicted molar refractivity (Wildman–Crippen MR) is 82.1 cm³/mol. The van der Waals surface area contributed by atoms with Gasteiger partial charge in [0.2, 0.25) is 0 Å². The van der Waals surface area contributed by atoms with Crippen molar-refractivity contribution >= 4 is 35.0 Å². The van der Waals surface area contributed by atoms with Crippen molar-refractivity contribution in [3.8, 4) is 0 Å². The van der Waals surface area contributed by atoms with Gasteiger partial charge >= 0.3 is 12.0 Å². The van der Waals surface area contributed by atoms with Gasteiger partial charge in [0.25, 0.3) is 0 Å². The molecule has 1 aliphatic heterocycles. The number of likely N-dealkylation sites (tertiary alicyclic amines) is 1. The van der Waals surface area contributed by atoms with Gasteiger partial charge in [0.15, 0.2) is 0 Å². The summed E-state index contributed by atoms with van der Waals surface area (Å²) in [6.07, 6.45) is 0.485. The molecule has 1 unspecified atom stereocenters. The van der Waals surface area contributed by atoms with Crippen LogP contribution in [-0.4, -0.2) is 49.2 Å². The topological polar surface area (TPSA) is 72.9 Å². The second-order valence-corrected chi connectivity index (χ2v) is 5.64. The van der Waals surface area contributed by atoms with Gasteiger partial charge in [-0.15, -0.1) is 0 Å². The molecule has 0 saturated carbocycles. The van der Waals surface area contributed by atoms with Crippen LogP contribution in [0.25, 0.3) is 0 Å². The number of nitrogens with one attached hydrogen (secondary N) is 1. The number of hydrogen-bond donors (Lipinski definition) is 2. The Bertz CT molecular complexity index is 562. The molecule has 1 aromatic rings. The van der Waals surface area contributed by atoms with E-state index >= 15 is 0 Å². The van der Waals surface area contributed by atoms with E-state index in [9.17, 15) is 9.59 Å². The third-order valence-corrected chi connectivity index (χ3v) is 3.81. The van der Waals surface area contributed by atoms with Crippen molar-refractivity contribution < 1.29 is 14.7 Å². The molecular weight excluding hydrogens is 294 g/mol. The van der Waals surface area contributed by atoms with E-state index < -0.39 is 11.9 Å². The zero-order valence-corrected chi connectivity index (χ0v) is 12.7. The summed E-state index contributed by atoms with van der Waals surface area (Å²) in [7, 11) is 3.68. The molecule has 1 fully saturated rings. The van der Waals surface area contributed by atoms with Gasteiger partial charge in [0.05, 0.1) is 22.3 Å². The SMILES string of the molecule is CN(C)c1c(Cl)cccc1NC(=O)N1CCC(C(=O)O)C1. The van der Waals surface area contributed by atoms with Crippen LogP contribution in [0, 0.1) is 5.92 Å². The number of hydrogen-bond acceptors (Lipinski definition) is 3. The second-order valence-electron chi connectivity index (χ2n) is 5.23. The molecule has 7 heteroatoms. The first kappa shape index (κ1) is 15.4. The van der Waals surface area contributed by atoms with Crippen LogP contribution in [-0.2, 0) is 4.79 Å². The molecule has 114 valence electrons. The lowest BCUT2D eigenvalue weighted by molar-refractivity contribution is -0.141. The van der Waals surface area contributed by atoms with Gasteiger partial charge in [0.1, 0.15) is 0 Å². The van der Waals surface area contributed by atoms with E-state index in [1.165, 1.54) is 4.90 Å². The van der Waals surface area contributed by atoms with E-state index in [-0.39, 0.29) is 12.6 Å². The minimum atomic E-state index is -0.859. The van der Waals surface area contributed by atoms with E-state index in [4.69, 9.17) is 16.7 Å². The summed E-state index contributed by atoms with van der Waals surface area (Å²) in [5, 5.41) is 12.3. The number of nitrogens with zero attached hydrogens (tertiary/aromatic N) is 2. The Morgan fingerprint density at radius 3 is 2.71 bits per heavy atom. The Kier molecular flexibility index (Phi) is 4.57. The largest absolute Gasteiger partial charge is 0.481 e. The van der Waals surface area contributed by atoms with E-state index in [1.807, 2.05) is 19.0 Å². The summed E-state index contributed by atoms with van der Waals surface area (Å²) in [5.74, 6) is -1.34. The van der Waals surface area contributed by atoms with Crippen LogP contribution >= 0.6 is 11.6 Å². The maximum atomic E-state index is 12.2. The fourth-order valence-electron chi connectivity index (χ4n) is 2.41. The van der Waals surface area contributed by atoms with E-state index in [0.29, 0.717) is 23.7 Å². The van der Waals surface area contributed by atoms with Crippen molar-refractivity contribution in [1.29, 1.82) is 0 Å². The third kappa shape index (κ3) is 3.39. The van der Waals surface area contributed by atoms with Crippen LogP contribution in [0.15, 0.2) is 18.2 Å². The highest BCUT2D eigenvalue weighted by Gasteiger charge is 2.31. The zero-order valence-electron chi connectivity index (χ0n) is 12.0. The standard InChI is InChI=1S/C14H18ClN3O3/c1-17(2)12-10(15)4-3-5-11(12)16-14(21)18-7-6-9(8-18)13(19)20/h3-5,9H,6-8H2,1-2H3,(H,16,21)(H,19,20). The molecule has 2 rings (SSSR count). The van der Waals surface area contributed by atoms with Crippen LogP contribution in [0.1, 0.15) is 6.42 Å². The number of carboxylic acids is 1. The van der Waals surface area contributed by atoms with Gasteiger partial charge < -0.3 is 20.2 Å². The molecule has 21 heavy (non-hydrogen) atoms. The molecule has 0 aromatic heterocycles. The molecule has 0 radical (unpaired) electrons. The molecule has 2 N–H and O–H groups in total. The Hall–Kier alpha value is -1.95. The Labute approximate surface area is 128 Å². The van der Waals surface area contributed by atoms with Gasteiger partial charge in [-0.05, 0) is 18.6 Å². The molecule has 1 aromatic carbocycles. The molecule has 1 atom stereocenters. The molecule has 1 saturated heterocycles. The number of rotatable bonds is 3. The summed E-state index contributed by atoms with van der Waals surface area (Å²) in [4.78, 5) is 26.5. The number of anilines is 2. The minimum Gasteiger partial charge on any atom is -0.481 e. The maximum absolute atomic E-state index is 12.2. The molecule has 0 bridgehead atoms. The van der Waals surface area contributed by atoms with Crippen molar-refractivity contribution in [2.24, 2.45) is 5.92 Å². The third-order valence-electron chi connectivity index (χ3n) is 3.50. The normalized spacial score (nSPS) is 17.7. The fraction of sp³-hybridized carbons (Fsp3) is 0.429. The first-order chi connectivity index (χ1) is 9.90. The first-order valence-corrected chi connectivity index (χ1v) is 7.02. The minimum absolute atomic E-state index is 0.235. The number of carbonyl (C=O) groups is 2. The van der Waals surface area contributed by atoms with Crippen LogP contribution in [0.3, 0.4) is 0 Å². The Balaban J connectivity index is 2.11. The number of carboxylic acid groups (broad SMARTS) is 1. The van der Waals surface area contributed by atoms with Crippen molar-refractivity contribution in [2.45, 2.75) is 6.42 Å². The summed E-state index contributed by atoms with van der Waals surface area (Å²) < 4.78 is 0. The van der Waals surface area contributed by atoms with Gasteiger partial charge in [0, 0.05) is 27.2 Å². The fourth-order valence-corrected chi connectivity index (χ4v) is 2.75. The van der Waals surface area contributed by atoms with E-state index in [2.05, 4.69) is 5.32 Å². The Morgan fingerprint density at radius 1 is 1.43 bits per heavy atom. The molecule has 0 spiro atoms. The van der Waals surface area contributed by atoms with E-state index in [0.717, 1.165) is 5.69 Å². The smallest absolute Gasteiger partial charge is 0.321 e. The Morgan fingerprint density at radius 2 is 2.14 bits per heavy atom. The average Bonchev–Trinajstić information content (AvgIpc) is 2.88. The lowest BCUT2D eigenvalue weighted by Crippen LogP contribution is -2.34. The van der Waals surface area contributed by atoms with Crippen LogP contribution < -0.4 is 10.2 Å².